The number of hydrogen-bond acceptors (Lipinski definition) is 3. The van der Waals surface area contributed by atoms with Crippen molar-refractivity contribution < 1.29 is 9.53 Å². The summed E-state index contributed by atoms with van der Waals surface area (Å²) in [7, 11) is 1.57. The molecule has 0 saturated heterocycles. The maximum atomic E-state index is 12.4. The summed E-state index contributed by atoms with van der Waals surface area (Å²) >= 11 is 0. The van der Waals surface area contributed by atoms with Crippen LogP contribution in [0.5, 0.6) is 5.75 Å². The Kier molecular flexibility index (Phi) is 5.45. The molecule has 6 heteroatoms. The second-order valence-electron chi connectivity index (χ2n) is 6.47. The smallest absolute Gasteiger partial charge is 0.323 e. The first-order chi connectivity index (χ1) is 13.0. The van der Waals surface area contributed by atoms with Crippen LogP contribution in [0.2, 0.25) is 0 Å². The summed E-state index contributed by atoms with van der Waals surface area (Å²) in [6, 6.07) is 15.3. The first kappa shape index (κ1) is 18.5. The van der Waals surface area contributed by atoms with Gasteiger partial charge in [0.25, 0.3) is 0 Å². The van der Waals surface area contributed by atoms with Crippen LogP contribution in [0.3, 0.4) is 0 Å². The molecule has 2 N–H and O–H groups in total. The van der Waals surface area contributed by atoms with Gasteiger partial charge < -0.3 is 15.4 Å². The fourth-order valence-electron chi connectivity index (χ4n) is 2.91. The zero-order valence-corrected chi connectivity index (χ0v) is 16.0. The molecule has 140 valence electrons. The van der Waals surface area contributed by atoms with Crippen molar-refractivity contribution in [2.45, 2.75) is 27.3 Å². The number of methoxy groups -OCH3 is 1. The molecule has 0 radical (unpaired) electrons. The van der Waals surface area contributed by atoms with Crippen molar-refractivity contribution in [1.29, 1.82) is 0 Å². The summed E-state index contributed by atoms with van der Waals surface area (Å²) in [6.07, 6.45) is 0. The number of anilines is 2. The summed E-state index contributed by atoms with van der Waals surface area (Å²) in [5.41, 5.74) is 5.39. The summed E-state index contributed by atoms with van der Waals surface area (Å²) in [4.78, 5) is 12.4. The van der Waals surface area contributed by atoms with Gasteiger partial charge in [0.2, 0.25) is 0 Å². The monoisotopic (exact) mass is 364 g/mol. The molecule has 6 nitrogen and oxygen atoms in total. The number of urea groups is 1. The molecule has 3 aromatic rings. The topological polar surface area (TPSA) is 68.2 Å². The molecule has 0 aliphatic rings. The zero-order valence-electron chi connectivity index (χ0n) is 16.0. The molecule has 0 aliphatic heterocycles. The van der Waals surface area contributed by atoms with E-state index in [0.717, 1.165) is 22.6 Å². The minimum Gasteiger partial charge on any atom is -0.495 e. The van der Waals surface area contributed by atoms with Gasteiger partial charge in [0, 0.05) is 0 Å². The third kappa shape index (κ3) is 4.28. The van der Waals surface area contributed by atoms with E-state index in [1.807, 2.05) is 30.7 Å². The number of hydrogen-bond donors (Lipinski definition) is 2. The fourth-order valence-corrected chi connectivity index (χ4v) is 2.91. The summed E-state index contributed by atoms with van der Waals surface area (Å²) < 4.78 is 7.17. The van der Waals surface area contributed by atoms with E-state index in [1.54, 1.807) is 19.2 Å². The Morgan fingerprint density at radius 1 is 1.04 bits per heavy atom. The van der Waals surface area contributed by atoms with Crippen LogP contribution in [0.25, 0.3) is 0 Å². The number of amides is 2. The van der Waals surface area contributed by atoms with Gasteiger partial charge in [-0.3, -0.25) is 4.68 Å². The number of aromatic nitrogens is 2. The van der Waals surface area contributed by atoms with Gasteiger partial charge in [0.15, 0.2) is 0 Å². The molecule has 2 amide bonds. The van der Waals surface area contributed by atoms with Crippen LogP contribution >= 0.6 is 0 Å². The Labute approximate surface area is 159 Å². The van der Waals surface area contributed by atoms with Crippen LogP contribution in [-0.4, -0.2) is 22.9 Å². The lowest BCUT2D eigenvalue weighted by molar-refractivity contribution is 0.262. The predicted octanol–water partition coefficient (Wildman–Crippen LogP) is 4.51. The maximum absolute atomic E-state index is 12.4. The Balaban J connectivity index is 1.74. The van der Waals surface area contributed by atoms with E-state index < -0.39 is 0 Å². The highest BCUT2D eigenvalue weighted by Gasteiger charge is 2.15. The van der Waals surface area contributed by atoms with Gasteiger partial charge in [0.05, 0.1) is 36.4 Å². The largest absolute Gasteiger partial charge is 0.495 e. The van der Waals surface area contributed by atoms with Gasteiger partial charge in [0.1, 0.15) is 5.75 Å². The number of rotatable bonds is 5. The molecule has 0 aliphatic carbocycles. The van der Waals surface area contributed by atoms with E-state index in [1.165, 1.54) is 5.56 Å². The highest BCUT2D eigenvalue weighted by molar-refractivity contribution is 6.01. The van der Waals surface area contributed by atoms with Gasteiger partial charge in [-0.2, -0.15) is 5.10 Å². The van der Waals surface area contributed by atoms with Crippen molar-refractivity contribution in [2.24, 2.45) is 0 Å². The molecule has 1 aromatic heterocycles. The molecule has 3 rings (SSSR count). The average molecular weight is 364 g/mol. The summed E-state index contributed by atoms with van der Waals surface area (Å²) in [5, 5.41) is 10.3. The number of nitrogens with one attached hydrogen (secondary N) is 2. The van der Waals surface area contributed by atoms with Gasteiger partial charge in [-0.05, 0) is 38.5 Å². The van der Waals surface area contributed by atoms with Gasteiger partial charge in [-0.15, -0.1) is 0 Å². The molecule has 0 bridgehead atoms. The number of ether oxygens (including phenoxy) is 1. The molecular weight excluding hydrogens is 340 g/mol. The first-order valence-electron chi connectivity index (χ1n) is 8.78. The van der Waals surface area contributed by atoms with Crippen molar-refractivity contribution >= 4 is 17.4 Å². The van der Waals surface area contributed by atoms with Gasteiger partial charge in [-0.25, -0.2) is 4.79 Å². The Bertz CT molecular complexity index is 945. The number of aryl methyl sites for hydroxylation is 2. The lowest BCUT2D eigenvalue weighted by Gasteiger charge is -2.11. The quantitative estimate of drug-likeness (QED) is 0.700. The van der Waals surface area contributed by atoms with Crippen LogP contribution in [0.4, 0.5) is 16.2 Å². The predicted molar refractivity (Wildman–Crippen MR) is 108 cm³/mol. The molecule has 2 aromatic carbocycles. The van der Waals surface area contributed by atoms with Crippen LogP contribution in [0.1, 0.15) is 22.5 Å². The van der Waals surface area contributed by atoms with E-state index in [4.69, 9.17) is 4.74 Å². The minimum atomic E-state index is -0.333. The standard InChI is InChI=1S/C21H24N4O2/c1-14-9-11-17(12-10-14)13-25-16(3)20(15(2)24-25)23-21(26)22-18-7-5-6-8-19(18)27-4/h5-12H,13H2,1-4H3,(H2,22,23,26). The van der Waals surface area contributed by atoms with Crippen molar-refractivity contribution in [3.8, 4) is 5.75 Å². The summed E-state index contributed by atoms with van der Waals surface area (Å²) in [5.74, 6) is 0.608. The Morgan fingerprint density at radius 2 is 1.74 bits per heavy atom. The maximum Gasteiger partial charge on any atom is 0.323 e. The minimum absolute atomic E-state index is 0.333. The normalized spacial score (nSPS) is 10.5. The Hall–Kier alpha value is -3.28. The van der Waals surface area contributed by atoms with Crippen LogP contribution in [0.15, 0.2) is 48.5 Å². The Morgan fingerprint density at radius 3 is 2.44 bits per heavy atom. The van der Waals surface area contributed by atoms with Crippen LogP contribution in [0, 0.1) is 20.8 Å². The van der Waals surface area contributed by atoms with Crippen molar-refractivity contribution in [1.82, 2.24) is 9.78 Å². The van der Waals surface area contributed by atoms with Crippen LogP contribution in [-0.2, 0) is 6.54 Å². The molecule has 0 saturated carbocycles. The molecule has 27 heavy (non-hydrogen) atoms. The van der Waals surface area contributed by atoms with Crippen LogP contribution < -0.4 is 15.4 Å². The lowest BCUT2D eigenvalue weighted by Crippen LogP contribution is -2.20. The van der Waals surface area contributed by atoms with E-state index in [0.29, 0.717) is 18.0 Å². The number of para-hydroxylation sites is 2. The third-order valence-electron chi connectivity index (χ3n) is 4.43. The van der Waals surface area contributed by atoms with E-state index >= 15 is 0 Å². The molecule has 1 heterocycles. The van der Waals surface area contributed by atoms with Gasteiger partial charge in [-0.1, -0.05) is 42.0 Å². The highest BCUT2D eigenvalue weighted by Crippen LogP contribution is 2.24. The number of carbonyl (C=O) groups excluding carboxylic acids is 1. The molecule has 0 spiro atoms. The number of benzene rings is 2. The third-order valence-corrected chi connectivity index (χ3v) is 4.43. The average Bonchev–Trinajstić information content (AvgIpc) is 2.91. The molecule has 0 unspecified atom stereocenters. The zero-order chi connectivity index (χ0) is 19.4. The second-order valence-corrected chi connectivity index (χ2v) is 6.47. The van der Waals surface area contributed by atoms with E-state index in [2.05, 4.69) is 46.9 Å². The van der Waals surface area contributed by atoms with Crippen molar-refractivity contribution in [3.05, 3.63) is 71.0 Å². The van der Waals surface area contributed by atoms with Crippen molar-refractivity contribution in [2.75, 3.05) is 17.7 Å². The molecule has 0 fully saturated rings. The fraction of sp³-hybridized carbons (Fsp3) is 0.238. The van der Waals surface area contributed by atoms with Crippen molar-refractivity contribution in [3.63, 3.8) is 0 Å². The van der Waals surface area contributed by atoms with Gasteiger partial charge >= 0.3 is 6.03 Å². The highest BCUT2D eigenvalue weighted by atomic mass is 16.5. The second kappa shape index (κ2) is 7.95. The van der Waals surface area contributed by atoms with E-state index in [9.17, 15) is 4.79 Å². The number of carbonyl (C=O) groups is 1. The first-order valence-corrected chi connectivity index (χ1v) is 8.78. The summed E-state index contributed by atoms with van der Waals surface area (Å²) in [6.45, 7) is 6.56. The SMILES string of the molecule is COc1ccccc1NC(=O)Nc1c(C)nn(Cc2ccc(C)cc2)c1C. The lowest BCUT2D eigenvalue weighted by atomic mass is 10.1. The molecule has 0 atom stereocenters. The van der Waals surface area contributed by atoms with E-state index in [-0.39, 0.29) is 6.03 Å². The molecular formula is C21H24N4O2. The number of nitrogens with zero attached hydrogens (tertiary/aromatic N) is 2.